The highest BCUT2D eigenvalue weighted by Crippen LogP contribution is 2.50. The maximum atomic E-state index is 2.53. The molecule has 0 bridgehead atoms. The van der Waals surface area contributed by atoms with Gasteiger partial charge in [0.25, 0.3) is 0 Å². The van der Waals surface area contributed by atoms with Crippen molar-refractivity contribution in [3.05, 3.63) is 504 Å². The van der Waals surface area contributed by atoms with Gasteiger partial charge in [-0.05, 0) is 267 Å². The van der Waals surface area contributed by atoms with Crippen LogP contribution in [0, 0.1) is 0 Å². The van der Waals surface area contributed by atoms with Gasteiger partial charge in [0.2, 0.25) is 0 Å². The van der Waals surface area contributed by atoms with Crippen LogP contribution in [0.1, 0.15) is 6.92 Å². The number of benzene rings is 22. The van der Waals surface area contributed by atoms with Crippen molar-refractivity contribution < 1.29 is 0 Å². The Bertz CT molecular complexity index is 8850. The average Bonchev–Trinajstić information content (AvgIpc) is 1.58. The van der Waals surface area contributed by atoms with Gasteiger partial charge in [-0.25, -0.2) is 0 Å². The Labute approximate surface area is 789 Å². The SMILES string of the molecule is CCn1c2ccccc2c2c(-c3cccc(-c4cccc(N(c5ccc(-c6ccccc6)cc5)c5ccc(-c6ccc(-c7cccc8ccccc78)cc6)cc5)c4)c3)ccc(-c3ccc4c(-c5ccc(-c6ccc(N(c7ccc(-c8ccccc8)cc7)c7cccc(-c8cccc(-c9cccc%10c9c9ccccc9n%10-c9cccc%10c9sc9ccccc9%10)c8)c7)cc6)cc5)cccc4c3)c21. The number of para-hydroxylation sites is 2. The lowest BCUT2D eigenvalue weighted by molar-refractivity contribution is 0.828. The number of rotatable bonds is 19. The Morgan fingerprint density at radius 2 is 0.548 bits per heavy atom. The van der Waals surface area contributed by atoms with E-state index in [4.69, 9.17) is 0 Å². The predicted octanol–water partition coefficient (Wildman–Crippen LogP) is 36.9. The summed E-state index contributed by atoms with van der Waals surface area (Å²) in [5.74, 6) is 0. The summed E-state index contributed by atoms with van der Waals surface area (Å²) >= 11 is 1.88. The molecule has 0 N–H and O–H groups in total. The monoisotopic (exact) mass is 1740 g/mol. The van der Waals surface area contributed by atoms with Crippen molar-refractivity contribution >= 4 is 131 Å². The van der Waals surface area contributed by atoms with E-state index in [9.17, 15) is 0 Å². The summed E-state index contributed by atoms with van der Waals surface area (Å²) < 4.78 is 7.61. The zero-order valence-corrected chi connectivity index (χ0v) is 75.1. The molecule has 0 spiro atoms. The van der Waals surface area contributed by atoms with E-state index in [1.165, 1.54) is 174 Å². The van der Waals surface area contributed by atoms with E-state index in [0.717, 1.165) is 79.6 Å². The molecule has 0 aliphatic carbocycles. The maximum absolute atomic E-state index is 2.53. The Kier molecular flexibility index (Phi) is 20.1. The van der Waals surface area contributed by atoms with Crippen LogP contribution in [0.4, 0.5) is 34.1 Å². The molecule has 0 fully saturated rings. The largest absolute Gasteiger partial charge is 0.340 e. The van der Waals surface area contributed by atoms with Crippen molar-refractivity contribution in [1.29, 1.82) is 0 Å². The first kappa shape index (κ1) is 79.9. The normalized spacial score (nSPS) is 11.6. The van der Waals surface area contributed by atoms with Crippen molar-refractivity contribution in [2.45, 2.75) is 13.5 Å². The van der Waals surface area contributed by atoms with Gasteiger partial charge in [-0.2, -0.15) is 0 Å². The molecule has 0 saturated carbocycles. The number of thiophene rings is 1. The summed E-state index contributed by atoms with van der Waals surface area (Å²) in [6.07, 6.45) is 0. The summed E-state index contributed by atoms with van der Waals surface area (Å²) in [5, 5.41) is 12.5. The van der Waals surface area contributed by atoms with Gasteiger partial charge in [0.1, 0.15) is 0 Å². The summed E-state index contributed by atoms with van der Waals surface area (Å²) in [7, 11) is 0. The fraction of sp³-hybridized carbons (Fsp3) is 0.0154. The molecule has 22 aromatic carbocycles. The molecule has 25 aromatic rings. The minimum absolute atomic E-state index is 0.814. The Morgan fingerprint density at radius 1 is 0.200 bits per heavy atom. The minimum Gasteiger partial charge on any atom is -0.340 e. The fourth-order valence-corrected chi connectivity index (χ4v) is 22.2. The molecule has 0 atom stereocenters. The van der Waals surface area contributed by atoms with Gasteiger partial charge in [-0.15, -0.1) is 11.3 Å². The molecule has 25 rings (SSSR count). The van der Waals surface area contributed by atoms with Gasteiger partial charge >= 0.3 is 0 Å². The van der Waals surface area contributed by atoms with Crippen LogP contribution in [0.15, 0.2) is 504 Å². The van der Waals surface area contributed by atoms with Gasteiger partial charge in [0, 0.05) is 88.8 Å². The molecule has 0 aliphatic rings. The highest BCUT2D eigenvalue weighted by Gasteiger charge is 2.25. The van der Waals surface area contributed by atoms with E-state index in [1.54, 1.807) is 0 Å². The minimum atomic E-state index is 0.814. The topological polar surface area (TPSA) is 16.3 Å². The summed E-state index contributed by atoms with van der Waals surface area (Å²) in [5.41, 5.74) is 38.4. The van der Waals surface area contributed by atoms with Crippen LogP contribution < -0.4 is 9.80 Å². The Hall–Kier alpha value is -17.2. The van der Waals surface area contributed by atoms with Crippen LogP contribution in [0.3, 0.4) is 0 Å². The highest BCUT2D eigenvalue weighted by atomic mass is 32.1. The van der Waals surface area contributed by atoms with E-state index in [0.29, 0.717) is 0 Å². The summed E-state index contributed by atoms with van der Waals surface area (Å²) in [4.78, 5) is 4.78. The molecule has 3 heterocycles. The molecule has 4 nitrogen and oxygen atoms in total. The smallest absolute Gasteiger partial charge is 0.0640 e. The lowest BCUT2D eigenvalue weighted by Crippen LogP contribution is -2.10. The van der Waals surface area contributed by atoms with E-state index < -0.39 is 0 Å². The summed E-state index contributed by atoms with van der Waals surface area (Å²) in [6.45, 7) is 3.09. The lowest BCUT2D eigenvalue weighted by atomic mass is 9.91. The third-order valence-corrected chi connectivity index (χ3v) is 28.7. The van der Waals surface area contributed by atoms with Crippen molar-refractivity contribution in [3.8, 4) is 128 Å². The van der Waals surface area contributed by atoms with Gasteiger partial charge in [0.05, 0.1) is 26.9 Å². The second kappa shape index (κ2) is 33.9. The molecular formula is C130H88N4S. The fourth-order valence-electron chi connectivity index (χ4n) is 21.0. The van der Waals surface area contributed by atoms with Crippen LogP contribution in [0.2, 0.25) is 0 Å². The number of fused-ring (bicyclic) bond motifs is 11. The molecule has 3 aromatic heterocycles. The van der Waals surface area contributed by atoms with Crippen LogP contribution in [0.5, 0.6) is 0 Å². The number of nitrogens with zero attached hydrogens (tertiary/aromatic N) is 4. The summed E-state index contributed by atoms with van der Waals surface area (Å²) in [6, 6.07) is 186. The van der Waals surface area contributed by atoms with Gasteiger partial charge < -0.3 is 18.9 Å². The Morgan fingerprint density at radius 3 is 1.10 bits per heavy atom. The van der Waals surface area contributed by atoms with Crippen molar-refractivity contribution in [1.82, 2.24) is 9.13 Å². The van der Waals surface area contributed by atoms with Crippen molar-refractivity contribution in [3.63, 3.8) is 0 Å². The van der Waals surface area contributed by atoms with E-state index in [2.05, 4.69) is 529 Å². The molecule has 5 heteroatoms. The third kappa shape index (κ3) is 14.4. The number of hydrogen-bond donors (Lipinski definition) is 0. The zero-order chi connectivity index (χ0) is 89.4. The predicted molar refractivity (Wildman–Crippen MR) is 577 cm³/mol. The van der Waals surface area contributed by atoms with Crippen molar-refractivity contribution in [2.24, 2.45) is 0 Å². The molecule has 0 saturated heterocycles. The number of aromatic nitrogens is 2. The number of hydrogen-bond acceptors (Lipinski definition) is 3. The van der Waals surface area contributed by atoms with Gasteiger partial charge in [-0.1, -0.05) is 382 Å². The molecular weight excluding hydrogens is 1650 g/mol. The zero-order valence-electron chi connectivity index (χ0n) is 74.3. The molecule has 0 aliphatic heterocycles. The number of anilines is 6. The molecule has 0 amide bonds. The highest BCUT2D eigenvalue weighted by molar-refractivity contribution is 7.26. The van der Waals surface area contributed by atoms with Crippen LogP contribution in [-0.2, 0) is 6.54 Å². The standard InChI is InChI=1S/C130H88N4S/c1-2-131-122-48-14-11-42-120(122)128-116(103-36-18-32-98(82-103)100-34-20-39-110(85-100)133(106-72-63-91(64-73-106)87-27-7-4-8-28-87)108-74-65-92(66-75-108)88-53-57-95(58-54-88)112-44-21-30-94-29-9-10-40-111(94)112)79-80-117(129(128)131)104-69-78-114-101(83-104)37-22-45-113(114)96-59-55-89(56-60-96)93-67-76-107(77-68-93)132(105-70-61-90(62-71-105)86-25-5-3-6-26-86)109-38-19-33-99(84-109)97-31-17-35-102(81-97)115-46-23-50-124-127(115)121-43-12-15-49-123(121)134(124)125-51-24-47-119-118-41-13-16-52-126(118)135-130(119)125/h3-85H,2H2,1H3. The molecule has 135 heavy (non-hydrogen) atoms. The van der Waals surface area contributed by atoms with Crippen molar-refractivity contribution in [2.75, 3.05) is 9.80 Å². The van der Waals surface area contributed by atoms with E-state index in [-0.39, 0.29) is 0 Å². The molecule has 0 radical (unpaired) electrons. The van der Waals surface area contributed by atoms with Gasteiger partial charge in [0.15, 0.2) is 0 Å². The molecule has 0 unspecified atom stereocenters. The van der Waals surface area contributed by atoms with Gasteiger partial charge in [-0.3, -0.25) is 0 Å². The van der Waals surface area contributed by atoms with Crippen LogP contribution >= 0.6 is 11.3 Å². The van der Waals surface area contributed by atoms with E-state index in [1.807, 2.05) is 11.3 Å². The van der Waals surface area contributed by atoms with Crippen LogP contribution in [0.25, 0.3) is 213 Å². The number of aryl methyl sites for hydroxylation is 1. The molecule has 634 valence electrons. The first-order valence-electron chi connectivity index (χ1n) is 46.6. The Balaban J connectivity index is 0.505. The average molecular weight is 1740 g/mol. The second-order valence-electron chi connectivity index (χ2n) is 35.2. The lowest BCUT2D eigenvalue weighted by Gasteiger charge is -2.26. The first-order chi connectivity index (χ1) is 66.9. The van der Waals surface area contributed by atoms with Crippen LogP contribution in [-0.4, -0.2) is 9.13 Å². The van der Waals surface area contributed by atoms with E-state index >= 15 is 0 Å². The first-order valence-corrected chi connectivity index (χ1v) is 47.4. The second-order valence-corrected chi connectivity index (χ2v) is 36.3. The quantitative estimate of drug-likeness (QED) is 0.0802. The maximum Gasteiger partial charge on any atom is 0.0640 e. The third-order valence-electron chi connectivity index (χ3n) is 27.5.